The summed E-state index contributed by atoms with van der Waals surface area (Å²) in [6.07, 6.45) is 1.62. The van der Waals surface area contributed by atoms with Gasteiger partial charge in [0, 0.05) is 24.8 Å². The molecule has 0 unspecified atom stereocenters. The largest absolute Gasteiger partial charge is 0.361 e. The average Bonchev–Trinajstić information content (AvgIpc) is 2.38. The quantitative estimate of drug-likeness (QED) is 0.915. The topological polar surface area (TPSA) is 62.3 Å². The van der Waals surface area contributed by atoms with Crippen LogP contribution < -0.4 is 9.62 Å². The van der Waals surface area contributed by atoms with E-state index in [0.717, 1.165) is 0 Å². The summed E-state index contributed by atoms with van der Waals surface area (Å²) in [5, 5.41) is 0. The lowest BCUT2D eigenvalue weighted by atomic mass is 10.4. The van der Waals surface area contributed by atoms with E-state index >= 15 is 0 Å². The molecule has 0 fully saturated rings. The van der Waals surface area contributed by atoms with Crippen molar-refractivity contribution >= 4 is 37.5 Å². The van der Waals surface area contributed by atoms with E-state index in [4.69, 9.17) is 0 Å². The number of pyridine rings is 1. The van der Waals surface area contributed by atoms with Crippen LogP contribution in [0.25, 0.3) is 0 Å². The molecule has 2 rings (SSSR count). The van der Waals surface area contributed by atoms with Crippen LogP contribution in [0, 0.1) is 0 Å². The van der Waals surface area contributed by atoms with Crippen LogP contribution in [0.3, 0.4) is 0 Å². The van der Waals surface area contributed by atoms with Gasteiger partial charge in [0.25, 0.3) is 10.0 Å². The molecule has 7 heteroatoms. The van der Waals surface area contributed by atoms with Crippen LogP contribution in [0.1, 0.15) is 0 Å². The Kier molecular flexibility index (Phi) is 4.29. The fourth-order valence-corrected chi connectivity index (χ4v) is 3.33. The first kappa shape index (κ1) is 14.8. The molecule has 1 aromatic carbocycles. The van der Waals surface area contributed by atoms with Gasteiger partial charge in [-0.2, -0.15) is 0 Å². The number of nitrogens with zero attached hydrogens (tertiary/aromatic N) is 2. The minimum absolute atomic E-state index is 0.195. The predicted octanol–water partition coefficient (Wildman–Crippen LogP) is 2.71. The third-order valence-corrected chi connectivity index (χ3v) is 4.42. The summed E-state index contributed by atoms with van der Waals surface area (Å²) < 4.78 is 28.0. The number of nitrogens with one attached hydrogen (secondary N) is 1. The summed E-state index contributed by atoms with van der Waals surface area (Å²) in [7, 11) is -0.0289. The highest BCUT2D eigenvalue weighted by atomic mass is 79.9. The van der Waals surface area contributed by atoms with Crippen LogP contribution in [0.2, 0.25) is 0 Å². The van der Waals surface area contributed by atoms with E-state index in [-0.39, 0.29) is 4.90 Å². The van der Waals surface area contributed by atoms with Gasteiger partial charge < -0.3 is 4.90 Å². The molecule has 0 amide bonds. The third kappa shape index (κ3) is 3.29. The van der Waals surface area contributed by atoms with Gasteiger partial charge in [0.15, 0.2) is 5.82 Å². The standard InChI is InChI=1S/C13H14BrN3O2S/c1-17(2)13-12(7-4-8-15-13)16-20(18,19)11-6-3-5-10(14)9-11/h3-9,16H,1-2H3. The van der Waals surface area contributed by atoms with Gasteiger partial charge in [-0.3, -0.25) is 4.72 Å². The molecule has 0 saturated heterocycles. The maximum absolute atomic E-state index is 12.4. The Morgan fingerprint density at radius 1 is 1.20 bits per heavy atom. The first-order valence-corrected chi connectivity index (χ1v) is 8.08. The van der Waals surface area contributed by atoms with Crippen molar-refractivity contribution in [3.05, 3.63) is 47.1 Å². The third-order valence-electron chi connectivity index (χ3n) is 2.56. The molecule has 0 aliphatic heterocycles. The lowest BCUT2D eigenvalue weighted by Gasteiger charge is -2.17. The summed E-state index contributed by atoms with van der Waals surface area (Å²) in [4.78, 5) is 6.11. The van der Waals surface area contributed by atoms with E-state index in [0.29, 0.717) is 16.0 Å². The SMILES string of the molecule is CN(C)c1ncccc1NS(=O)(=O)c1cccc(Br)c1. The highest BCUT2D eigenvalue weighted by molar-refractivity contribution is 9.10. The minimum Gasteiger partial charge on any atom is -0.361 e. The fourth-order valence-electron chi connectivity index (χ4n) is 1.67. The number of sulfonamides is 1. The number of halogens is 1. The highest BCUT2D eigenvalue weighted by Crippen LogP contribution is 2.24. The molecule has 1 N–H and O–H groups in total. The number of hydrogen-bond donors (Lipinski definition) is 1. The molecule has 0 radical (unpaired) electrons. The molecule has 2 aromatic rings. The molecule has 1 heterocycles. The summed E-state index contributed by atoms with van der Waals surface area (Å²) >= 11 is 3.26. The van der Waals surface area contributed by atoms with Gasteiger partial charge in [0.1, 0.15) is 0 Å². The molecule has 0 aliphatic rings. The van der Waals surface area contributed by atoms with Crippen molar-refractivity contribution in [3.8, 4) is 0 Å². The van der Waals surface area contributed by atoms with Crippen molar-refractivity contribution < 1.29 is 8.42 Å². The number of aromatic nitrogens is 1. The zero-order valence-electron chi connectivity index (χ0n) is 11.0. The Morgan fingerprint density at radius 3 is 2.60 bits per heavy atom. The number of benzene rings is 1. The summed E-state index contributed by atoms with van der Waals surface area (Å²) in [5.41, 5.74) is 0.442. The van der Waals surface area contributed by atoms with E-state index in [1.165, 1.54) is 0 Å². The van der Waals surface area contributed by atoms with Gasteiger partial charge in [-0.1, -0.05) is 22.0 Å². The normalized spacial score (nSPS) is 11.2. The van der Waals surface area contributed by atoms with Crippen molar-refractivity contribution in [1.29, 1.82) is 0 Å². The van der Waals surface area contributed by atoms with Crippen molar-refractivity contribution in [2.24, 2.45) is 0 Å². The Balaban J connectivity index is 2.39. The van der Waals surface area contributed by atoms with Gasteiger partial charge in [-0.15, -0.1) is 0 Å². The second-order valence-electron chi connectivity index (χ2n) is 4.33. The zero-order chi connectivity index (χ0) is 14.8. The van der Waals surface area contributed by atoms with Crippen molar-refractivity contribution in [1.82, 2.24) is 4.98 Å². The molecule has 0 spiro atoms. The Morgan fingerprint density at radius 2 is 1.95 bits per heavy atom. The average molecular weight is 356 g/mol. The first-order valence-electron chi connectivity index (χ1n) is 5.81. The molecule has 5 nitrogen and oxygen atoms in total. The van der Waals surface area contributed by atoms with Crippen molar-refractivity contribution in [2.75, 3.05) is 23.7 Å². The Hall–Kier alpha value is -1.60. The van der Waals surface area contributed by atoms with Crippen LogP contribution in [0.15, 0.2) is 52.0 Å². The maximum Gasteiger partial charge on any atom is 0.262 e. The van der Waals surface area contributed by atoms with E-state index in [1.54, 1.807) is 61.6 Å². The maximum atomic E-state index is 12.4. The van der Waals surface area contributed by atoms with E-state index in [9.17, 15) is 8.42 Å². The lowest BCUT2D eigenvalue weighted by Crippen LogP contribution is -2.18. The zero-order valence-corrected chi connectivity index (χ0v) is 13.4. The molecule has 0 atom stereocenters. The van der Waals surface area contributed by atoms with Gasteiger partial charge in [-0.25, -0.2) is 13.4 Å². The number of hydrogen-bond acceptors (Lipinski definition) is 4. The molecule has 20 heavy (non-hydrogen) atoms. The van der Waals surface area contributed by atoms with Crippen molar-refractivity contribution in [3.63, 3.8) is 0 Å². The van der Waals surface area contributed by atoms with Crippen LogP contribution in [-0.2, 0) is 10.0 Å². The molecule has 0 aliphatic carbocycles. The highest BCUT2D eigenvalue weighted by Gasteiger charge is 2.17. The van der Waals surface area contributed by atoms with Crippen LogP contribution in [0.4, 0.5) is 11.5 Å². The lowest BCUT2D eigenvalue weighted by molar-refractivity contribution is 0.601. The summed E-state index contributed by atoms with van der Waals surface area (Å²) in [5.74, 6) is 0.561. The molecule has 0 saturated carbocycles. The van der Waals surface area contributed by atoms with Crippen LogP contribution >= 0.6 is 15.9 Å². The van der Waals surface area contributed by atoms with Gasteiger partial charge in [0.05, 0.1) is 10.6 Å². The van der Waals surface area contributed by atoms with Crippen LogP contribution in [0.5, 0.6) is 0 Å². The molecule has 1 aromatic heterocycles. The van der Waals surface area contributed by atoms with Gasteiger partial charge in [-0.05, 0) is 30.3 Å². The number of anilines is 2. The van der Waals surface area contributed by atoms with E-state index in [1.807, 2.05) is 0 Å². The minimum atomic E-state index is -3.64. The predicted molar refractivity (Wildman–Crippen MR) is 83.5 cm³/mol. The van der Waals surface area contributed by atoms with Crippen molar-refractivity contribution in [2.45, 2.75) is 4.90 Å². The van der Waals surface area contributed by atoms with E-state index in [2.05, 4.69) is 25.6 Å². The smallest absolute Gasteiger partial charge is 0.262 e. The fraction of sp³-hybridized carbons (Fsp3) is 0.154. The van der Waals surface area contributed by atoms with Gasteiger partial charge >= 0.3 is 0 Å². The molecule has 0 bridgehead atoms. The van der Waals surface area contributed by atoms with Crippen LogP contribution in [-0.4, -0.2) is 27.5 Å². The molecule has 106 valence electrons. The second kappa shape index (κ2) is 5.80. The Bertz CT molecular complexity index is 717. The summed E-state index contributed by atoms with van der Waals surface area (Å²) in [6.45, 7) is 0. The Labute approximate surface area is 126 Å². The molecular formula is C13H14BrN3O2S. The first-order chi connectivity index (χ1) is 9.40. The monoisotopic (exact) mass is 355 g/mol. The second-order valence-corrected chi connectivity index (χ2v) is 6.93. The number of rotatable bonds is 4. The molecular weight excluding hydrogens is 342 g/mol. The summed E-state index contributed by atoms with van der Waals surface area (Å²) in [6, 6.07) is 9.90. The van der Waals surface area contributed by atoms with Gasteiger partial charge in [0.2, 0.25) is 0 Å². The van der Waals surface area contributed by atoms with E-state index < -0.39 is 10.0 Å².